The van der Waals surface area contributed by atoms with Crippen LogP contribution in [0.25, 0.3) is 5.65 Å². The van der Waals surface area contributed by atoms with E-state index in [0.29, 0.717) is 19.6 Å². The summed E-state index contributed by atoms with van der Waals surface area (Å²) in [7, 11) is 0. The molecule has 3 heterocycles. The minimum Gasteiger partial charge on any atom is -0.492 e. The number of ether oxygens (including phenoxy) is 1. The molecule has 110 valence electrons. The molecule has 0 atom stereocenters. The van der Waals surface area contributed by atoms with Crippen LogP contribution in [0.2, 0.25) is 0 Å². The van der Waals surface area contributed by atoms with E-state index >= 15 is 0 Å². The largest absolute Gasteiger partial charge is 0.492 e. The summed E-state index contributed by atoms with van der Waals surface area (Å²) in [6, 6.07) is 3.77. The summed E-state index contributed by atoms with van der Waals surface area (Å²) in [6.45, 7) is 0.915. The first-order valence-electron chi connectivity index (χ1n) is 6.67. The molecule has 7 heteroatoms. The van der Waals surface area contributed by atoms with Crippen molar-refractivity contribution in [1.82, 2.24) is 14.0 Å². The normalized spacial score (nSPS) is 11.0. The van der Waals surface area contributed by atoms with Crippen LogP contribution in [0.1, 0.15) is 12.8 Å². The smallest absolute Gasteiger partial charge is 0.421 e. The van der Waals surface area contributed by atoms with Crippen molar-refractivity contribution in [1.29, 1.82) is 0 Å². The van der Waals surface area contributed by atoms with E-state index in [1.807, 2.05) is 28.9 Å². The monoisotopic (exact) mass is 289 g/mol. The Bertz CT molecular complexity index is 787. The van der Waals surface area contributed by atoms with Crippen molar-refractivity contribution < 1.29 is 14.3 Å². The molecule has 0 aromatic carbocycles. The van der Waals surface area contributed by atoms with Crippen LogP contribution < -0.4 is 10.5 Å². The van der Waals surface area contributed by atoms with Crippen LogP contribution in [0.4, 0.5) is 0 Å². The Kier molecular flexibility index (Phi) is 3.63. The van der Waals surface area contributed by atoms with Gasteiger partial charge in [-0.2, -0.15) is 0 Å². The van der Waals surface area contributed by atoms with Crippen molar-refractivity contribution >= 4 is 5.65 Å². The lowest BCUT2D eigenvalue weighted by Gasteiger charge is -2.07. The van der Waals surface area contributed by atoms with E-state index in [2.05, 4.69) is 9.40 Å². The predicted molar refractivity (Wildman–Crippen MR) is 74.6 cm³/mol. The zero-order valence-corrected chi connectivity index (χ0v) is 11.3. The highest BCUT2D eigenvalue weighted by molar-refractivity contribution is 5.53. The fraction of sp³-hybridized carbons (Fsp3) is 0.286. The lowest BCUT2D eigenvalue weighted by atomic mass is 10.3. The summed E-state index contributed by atoms with van der Waals surface area (Å²) >= 11 is 0. The topological polar surface area (TPSA) is 81.9 Å². The molecule has 3 aromatic heterocycles. The molecule has 3 aromatic rings. The van der Waals surface area contributed by atoms with Crippen molar-refractivity contribution in [3.63, 3.8) is 0 Å². The first kappa shape index (κ1) is 13.3. The van der Waals surface area contributed by atoms with Gasteiger partial charge in [0.05, 0.1) is 6.61 Å². The maximum Gasteiger partial charge on any atom is 0.421 e. The van der Waals surface area contributed by atoms with Gasteiger partial charge in [-0.05, 0) is 25.0 Å². The lowest BCUT2D eigenvalue weighted by molar-refractivity contribution is 0.301. The van der Waals surface area contributed by atoms with Crippen molar-refractivity contribution in [3.05, 3.63) is 47.5 Å². The van der Waals surface area contributed by atoms with Crippen LogP contribution in [0, 0.1) is 0 Å². The molecule has 0 unspecified atom stereocenters. The van der Waals surface area contributed by atoms with Gasteiger partial charge < -0.3 is 18.7 Å². The molecule has 0 amide bonds. The zero-order chi connectivity index (χ0) is 14.7. The average Bonchev–Trinajstić information content (AvgIpc) is 3.08. The molecule has 3 rings (SSSR count). The summed E-state index contributed by atoms with van der Waals surface area (Å²) in [4.78, 5) is 15.5. The molecule has 0 aliphatic rings. The third-order valence-electron chi connectivity index (χ3n) is 3.18. The van der Waals surface area contributed by atoms with Gasteiger partial charge >= 0.3 is 5.76 Å². The summed E-state index contributed by atoms with van der Waals surface area (Å²) in [5.41, 5.74) is 0.779. The van der Waals surface area contributed by atoms with Crippen LogP contribution in [0.15, 0.2) is 46.2 Å². The molecule has 0 radical (unpaired) electrons. The van der Waals surface area contributed by atoms with Crippen LogP contribution in [-0.4, -0.2) is 25.7 Å². The Morgan fingerprint density at radius 3 is 3.05 bits per heavy atom. The average molecular weight is 289 g/mol. The van der Waals surface area contributed by atoms with E-state index in [9.17, 15) is 9.90 Å². The minimum atomic E-state index is -0.546. The fourth-order valence-electron chi connectivity index (χ4n) is 2.12. The van der Waals surface area contributed by atoms with E-state index in [1.165, 1.54) is 4.57 Å². The molecule has 0 bridgehead atoms. The number of nitrogens with zero attached hydrogens (tertiary/aromatic N) is 3. The number of fused-ring (bicyclic) bond motifs is 1. The molecular formula is C14H15N3O4. The third-order valence-corrected chi connectivity index (χ3v) is 3.18. The quantitative estimate of drug-likeness (QED) is 0.698. The molecule has 0 aliphatic carbocycles. The molecule has 0 saturated carbocycles. The Morgan fingerprint density at radius 1 is 1.33 bits per heavy atom. The van der Waals surface area contributed by atoms with Gasteiger partial charge in [0.15, 0.2) is 17.7 Å². The second-order valence-electron chi connectivity index (χ2n) is 4.60. The standard InChI is InChI=1S/C14H15N3O4/c18-12-10-21-14(19)17(12)7-1-2-9-20-11-4-3-6-16-8-5-15-13(11)16/h3-6,8,10,18H,1-2,7,9H2. The molecule has 0 aliphatic heterocycles. The highest BCUT2D eigenvalue weighted by Gasteiger charge is 2.06. The number of aromatic hydroxyl groups is 1. The number of aromatic nitrogens is 3. The highest BCUT2D eigenvalue weighted by Crippen LogP contribution is 2.17. The summed E-state index contributed by atoms with van der Waals surface area (Å²) in [6.07, 6.45) is 7.97. The lowest BCUT2D eigenvalue weighted by Crippen LogP contribution is -2.14. The first-order chi connectivity index (χ1) is 10.3. The van der Waals surface area contributed by atoms with Gasteiger partial charge in [0.25, 0.3) is 0 Å². The van der Waals surface area contributed by atoms with Crippen LogP contribution >= 0.6 is 0 Å². The maximum atomic E-state index is 11.2. The molecule has 0 fully saturated rings. The number of pyridine rings is 1. The number of hydrogen-bond donors (Lipinski definition) is 1. The summed E-state index contributed by atoms with van der Waals surface area (Å²) in [5.74, 6) is 0.0319. The fourth-order valence-corrected chi connectivity index (χ4v) is 2.12. The maximum absolute atomic E-state index is 11.2. The zero-order valence-electron chi connectivity index (χ0n) is 11.3. The van der Waals surface area contributed by atoms with E-state index in [4.69, 9.17) is 4.74 Å². The van der Waals surface area contributed by atoms with Gasteiger partial charge in [0.1, 0.15) is 0 Å². The molecule has 1 N–H and O–H groups in total. The summed E-state index contributed by atoms with van der Waals surface area (Å²) in [5, 5.41) is 9.39. The Hall–Kier alpha value is -2.70. The van der Waals surface area contributed by atoms with Gasteiger partial charge in [-0.1, -0.05) is 0 Å². The third kappa shape index (κ3) is 2.76. The number of rotatable bonds is 6. The van der Waals surface area contributed by atoms with Gasteiger partial charge in [-0.3, -0.25) is 0 Å². The van der Waals surface area contributed by atoms with Crippen LogP contribution in [0.3, 0.4) is 0 Å². The molecule has 21 heavy (non-hydrogen) atoms. The molecule has 0 spiro atoms. The van der Waals surface area contributed by atoms with Crippen LogP contribution in [0.5, 0.6) is 11.6 Å². The van der Waals surface area contributed by atoms with Gasteiger partial charge in [-0.15, -0.1) is 0 Å². The number of imidazole rings is 1. The number of hydrogen-bond acceptors (Lipinski definition) is 5. The van der Waals surface area contributed by atoms with E-state index < -0.39 is 5.76 Å². The van der Waals surface area contributed by atoms with Crippen molar-refractivity contribution in [2.24, 2.45) is 0 Å². The van der Waals surface area contributed by atoms with Gasteiger partial charge in [0, 0.05) is 25.1 Å². The van der Waals surface area contributed by atoms with Crippen LogP contribution in [-0.2, 0) is 6.54 Å². The SMILES string of the molecule is O=c1occ(O)n1CCCCOc1cccn2ccnc12. The van der Waals surface area contributed by atoms with Gasteiger partial charge in [-0.25, -0.2) is 14.3 Å². The predicted octanol–water partition coefficient (Wildman–Crippen LogP) is 1.65. The van der Waals surface area contributed by atoms with Crippen molar-refractivity contribution in [2.75, 3.05) is 6.61 Å². The Morgan fingerprint density at radius 2 is 2.24 bits per heavy atom. The first-order valence-corrected chi connectivity index (χ1v) is 6.67. The van der Waals surface area contributed by atoms with E-state index in [-0.39, 0.29) is 5.88 Å². The minimum absolute atomic E-state index is 0.150. The Balaban J connectivity index is 1.51. The highest BCUT2D eigenvalue weighted by atomic mass is 16.5. The number of unbranched alkanes of at least 4 members (excludes halogenated alkanes) is 1. The Labute approximate surface area is 120 Å². The van der Waals surface area contributed by atoms with E-state index in [0.717, 1.165) is 24.1 Å². The van der Waals surface area contributed by atoms with Crippen molar-refractivity contribution in [2.45, 2.75) is 19.4 Å². The number of oxazole rings is 1. The molecule has 7 nitrogen and oxygen atoms in total. The summed E-state index contributed by atoms with van der Waals surface area (Å²) < 4.78 is 13.4. The van der Waals surface area contributed by atoms with E-state index in [1.54, 1.807) is 6.20 Å². The second-order valence-corrected chi connectivity index (χ2v) is 4.60. The van der Waals surface area contributed by atoms with Crippen molar-refractivity contribution in [3.8, 4) is 11.6 Å². The van der Waals surface area contributed by atoms with Gasteiger partial charge in [0.2, 0.25) is 5.88 Å². The second kappa shape index (κ2) is 5.74. The molecule has 0 saturated heterocycles. The molecular weight excluding hydrogens is 274 g/mol.